The van der Waals surface area contributed by atoms with Crippen LogP contribution < -0.4 is 0 Å². The zero-order chi connectivity index (χ0) is 15.0. The van der Waals surface area contributed by atoms with Crippen LogP contribution in [0.25, 0.3) is 10.8 Å². The summed E-state index contributed by atoms with van der Waals surface area (Å²) in [5, 5.41) is 20.9. The molecule has 2 aromatic rings. The van der Waals surface area contributed by atoms with Gasteiger partial charge in [-0.3, -0.25) is 4.79 Å². The van der Waals surface area contributed by atoms with E-state index >= 15 is 0 Å². The lowest BCUT2D eigenvalue weighted by Crippen LogP contribution is -2.40. The summed E-state index contributed by atoms with van der Waals surface area (Å²) in [5.74, 6) is -1.52. The number of amides is 1. The number of phenolic OH excluding ortho intramolecular Hbond substituents is 1. The minimum atomic E-state index is -0.999. The number of carbonyl (C=O) groups is 2. The summed E-state index contributed by atoms with van der Waals surface area (Å²) >= 11 is 0. The fourth-order valence-corrected chi connectivity index (χ4v) is 2.85. The Balaban J connectivity index is 2.02. The molecule has 1 heterocycles. The Morgan fingerprint density at radius 1 is 1.14 bits per heavy atom. The summed E-state index contributed by atoms with van der Waals surface area (Å²) in [4.78, 5) is 25.0. The third-order valence-corrected chi connectivity index (χ3v) is 3.93. The van der Waals surface area contributed by atoms with Crippen molar-refractivity contribution in [3.05, 3.63) is 42.0 Å². The number of carboxylic acid groups (broad SMARTS) is 1. The first-order valence-corrected chi connectivity index (χ1v) is 6.84. The van der Waals surface area contributed by atoms with Gasteiger partial charge in [-0.25, -0.2) is 4.79 Å². The maximum Gasteiger partial charge on any atom is 0.326 e. The van der Waals surface area contributed by atoms with Crippen LogP contribution in [0.15, 0.2) is 36.4 Å². The van der Waals surface area contributed by atoms with Crippen molar-refractivity contribution >= 4 is 22.6 Å². The number of nitrogens with zero attached hydrogens (tertiary/aromatic N) is 1. The van der Waals surface area contributed by atoms with Gasteiger partial charge in [0.1, 0.15) is 11.8 Å². The number of carbonyl (C=O) groups excluding carboxylic acids is 1. The fraction of sp³-hybridized carbons (Fsp3) is 0.250. The molecule has 21 heavy (non-hydrogen) atoms. The molecule has 2 N–H and O–H groups in total. The first-order valence-electron chi connectivity index (χ1n) is 6.84. The molecule has 1 aliphatic heterocycles. The van der Waals surface area contributed by atoms with Gasteiger partial charge in [-0.2, -0.15) is 0 Å². The lowest BCUT2D eigenvalue weighted by molar-refractivity contribution is -0.141. The molecule has 0 aromatic heterocycles. The van der Waals surface area contributed by atoms with E-state index < -0.39 is 17.9 Å². The first kappa shape index (κ1) is 13.4. The van der Waals surface area contributed by atoms with Crippen LogP contribution in [0.3, 0.4) is 0 Å². The van der Waals surface area contributed by atoms with Crippen molar-refractivity contribution in [1.82, 2.24) is 4.90 Å². The van der Waals surface area contributed by atoms with Crippen LogP contribution in [0.5, 0.6) is 5.75 Å². The summed E-state index contributed by atoms with van der Waals surface area (Å²) in [6.07, 6.45) is 1.12. The molecule has 0 unspecified atom stereocenters. The number of aromatic hydroxyl groups is 1. The van der Waals surface area contributed by atoms with E-state index in [9.17, 15) is 14.7 Å². The zero-order valence-corrected chi connectivity index (χ0v) is 11.3. The van der Waals surface area contributed by atoms with Crippen LogP contribution in [0.4, 0.5) is 0 Å². The molecule has 0 aliphatic carbocycles. The number of benzene rings is 2. The molecule has 0 radical (unpaired) electrons. The molecular weight excluding hydrogens is 270 g/mol. The number of hydrogen-bond donors (Lipinski definition) is 2. The van der Waals surface area contributed by atoms with E-state index in [-0.39, 0.29) is 11.3 Å². The maximum atomic E-state index is 12.5. The highest BCUT2D eigenvalue weighted by atomic mass is 16.4. The number of phenols is 1. The summed E-state index contributed by atoms with van der Waals surface area (Å²) < 4.78 is 0. The van der Waals surface area contributed by atoms with Gasteiger partial charge < -0.3 is 15.1 Å². The molecule has 0 spiro atoms. The molecule has 1 amide bonds. The van der Waals surface area contributed by atoms with Gasteiger partial charge in [-0.1, -0.05) is 30.3 Å². The Morgan fingerprint density at radius 2 is 1.90 bits per heavy atom. The van der Waals surface area contributed by atoms with Gasteiger partial charge in [0.2, 0.25) is 0 Å². The molecule has 5 nitrogen and oxygen atoms in total. The Morgan fingerprint density at radius 3 is 2.67 bits per heavy atom. The van der Waals surface area contributed by atoms with Gasteiger partial charge in [0.05, 0.1) is 5.56 Å². The van der Waals surface area contributed by atoms with E-state index in [2.05, 4.69) is 0 Å². The average molecular weight is 285 g/mol. The smallest absolute Gasteiger partial charge is 0.326 e. The Hall–Kier alpha value is -2.56. The number of hydrogen-bond acceptors (Lipinski definition) is 3. The van der Waals surface area contributed by atoms with E-state index in [4.69, 9.17) is 5.11 Å². The highest BCUT2D eigenvalue weighted by Gasteiger charge is 2.35. The largest absolute Gasteiger partial charge is 0.506 e. The Bertz CT molecular complexity index is 725. The molecule has 1 fully saturated rings. The predicted octanol–water partition coefficient (Wildman–Crippen LogP) is 2.23. The second-order valence-electron chi connectivity index (χ2n) is 5.18. The van der Waals surface area contributed by atoms with Crippen molar-refractivity contribution in [3.8, 4) is 5.75 Å². The third-order valence-electron chi connectivity index (χ3n) is 3.93. The van der Waals surface area contributed by atoms with Crippen LogP contribution in [0.2, 0.25) is 0 Å². The number of fused-ring (bicyclic) bond motifs is 1. The summed E-state index contributed by atoms with van der Waals surface area (Å²) in [7, 11) is 0. The number of aliphatic carboxylic acids is 1. The summed E-state index contributed by atoms with van der Waals surface area (Å²) in [6.45, 7) is 0.405. The molecule has 5 heteroatoms. The molecule has 1 aliphatic rings. The molecule has 2 aromatic carbocycles. The fourth-order valence-electron chi connectivity index (χ4n) is 2.85. The topological polar surface area (TPSA) is 77.8 Å². The van der Waals surface area contributed by atoms with Crippen LogP contribution in [0, 0.1) is 0 Å². The normalized spacial score (nSPS) is 18.1. The Kier molecular flexibility index (Phi) is 3.25. The highest BCUT2D eigenvalue weighted by Crippen LogP contribution is 2.31. The molecule has 0 saturated carbocycles. The van der Waals surface area contributed by atoms with Gasteiger partial charge in [0.25, 0.3) is 5.91 Å². The van der Waals surface area contributed by atoms with E-state index in [1.807, 2.05) is 12.1 Å². The first-order chi connectivity index (χ1) is 10.1. The third kappa shape index (κ3) is 2.20. The summed E-state index contributed by atoms with van der Waals surface area (Å²) in [6, 6.07) is 9.73. The van der Waals surface area contributed by atoms with Crippen molar-refractivity contribution in [2.75, 3.05) is 6.54 Å². The minimum Gasteiger partial charge on any atom is -0.506 e. The second kappa shape index (κ2) is 5.09. The van der Waals surface area contributed by atoms with E-state index in [1.54, 1.807) is 24.3 Å². The molecule has 3 rings (SSSR count). The lowest BCUT2D eigenvalue weighted by Gasteiger charge is -2.22. The zero-order valence-electron chi connectivity index (χ0n) is 11.3. The van der Waals surface area contributed by atoms with Crippen molar-refractivity contribution in [1.29, 1.82) is 0 Å². The number of carboxylic acids is 1. The molecule has 0 bridgehead atoms. The average Bonchev–Trinajstić information content (AvgIpc) is 2.97. The maximum absolute atomic E-state index is 12.5. The van der Waals surface area contributed by atoms with Crippen molar-refractivity contribution in [2.24, 2.45) is 0 Å². The van der Waals surface area contributed by atoms with E-state index in [1.165, 1.54) is 4.90 Å². The predicted molar refractivity (Wildman–Crippen MR) is 77.3 cm³/mol. The van der Waals surface area contributed by atoms with Crippen LogP contribution in [-0.2, 0) is 4.79 Å². The Labute approximate surface area is 121 Å². The van der Waals surface area contributed by atoms with Gasteiger partial charge in [-0.15, -0.1) is 0 Å². The van der Waals surface area contributed by atoms with Crippen molar-refractivity contribution in [3.63, 3.8) is 0 Å². The standard InChI is InChI=1S/C16H15NO4/c18-14-11-5-2-1-4-10(11)7-8-12(14)15(19)17-9-3-6-13(17)16(20)21/h1-2,4-5,7-8,13,18H,3,6,9H2,(H,20,21)/t13-/m0/s1. The van der Waals surface area contributed by atoms with Gasteiger partial charge >= 0.3 is 5.97 Å². The van der Waals surface area contributed by atoms with Crippen LogP contribution in [0.1, 0.15) is 23.2 Å². The van der Waals surface area contributed by atoms with Crippen LogP contribution in [-0.4, -0.2) is 39.6 Å². The second-order valence-corrected chi connectivity index (χ2v) is 5.18. The van der Waals surface area contributed by atoms with Crippen molar-refractivity contribution < 1.29 is 19.8 Å². The van der Waals surface area contributed by atoms with Gasteiger partial charge in [0, 0.05) is 11.9 Å². The molecule has 108 valence electrons. The van der Waals surface area contributed by atoms with E-state index in [0.29, 0.717) is 24.8 Å². The van der Waals surface area contributed by atoms with Gasteiger partial charge in [0.15, 0.2) is 0 Å². The molecular formula is C16H15NO4. The van der Waals surface area contributed by atoms with E-state index in [0.717, 1.165) is 5.39 Å². The molecule has 1 saturated heterocycles. The number of rotatable bonds is 2. The SMILES string of the molecule is O=C(O)[C@@H]1CCCN1C(=O)c1ccc2ccccc2c1O. The molecule has 1 atom stereocenters. The van der Waals surface area contributed by atoms with Gasteiger partial charge in [-0.05, 0) is 24.3 Å². The van der Waals surface area contributed by atoms with Crippen molar-refractivity contribution in [2.45, 2.75) is 18.9 Å². The quantitative estimate of drug-likeness (QED) is 0.887. The minimum absolute atomic E-state index is 0.0888. The monoisotopic (exact) mass is 285 g/mol. The number of likely N-dealkylation sites (tertiary alicyclic amines) is 1. The lowest BCUT2D eigenvalue weighted by atomic mass is 10.0. The highest BCUT2D eigenvalue weighted by molar-refractivity contribution is 6.04. The summed E-state index contributed by atoms with van der Waals surface area (Å²) in [5.41, 5.74) is 0.154. The van der Waals surface area contributed by atoms with Crippen LogP contribution >= 0.6 is 0 Å².